The Labute approximate surface area is 122 Å². The summed E-state index contributed by atoms with van der Waals surface area (Å²) in [6.07, 6.45) is 0.489. The molecule has 0 atom stereocenters. The first-order valence-corrected chi connectivity index (χ1v) is 7.50. The summed E-state index contributed by atoms with van der Waals surface area (Å²) < 4.78 is 32.0. The van der Waals surface area contributed by atoms with Crippen molar-refractivity contribution in [2.75, 3.05) is 17.1 Å². The van der Waals surface area contributed by atoms with E-state index in [4.69, 9.17) is 4.74 Å². The van der Waals surface area contributed by atoms with Crippen LogP contribution in [0, 0.1) is 0 Å². The number of nitrogens with one attached hydrogen (secondary N) is 2. The molecule has 2 aromatic carbocycles. The van der Waals surface area contributed by atoms with Crippen LogP contribution in [0.5, 0.6) is 5.75 Å². The molecule has 1 amide bonds. The van der Waals surface area contributed by atoms with Gasteiger partial charge in [0.25, 0.3) is 10.0 Å². The predicted molar refractivity (Wildman–Crippen MR) is 79.9 cm³/mol. The second-order valence-electron chi connectivity index (χ2n) is 4.12. The smallest absolute Gasteiger partial charge is 0.261 e. The Hall–Kier alpha value is -2.54. The zero-order chi connectivity index (χ0) is 15.3. The summed E-state index contributed by atoms with van der Waals surface area (Å²) in [5.41, 5.74) is 0.826. The fraction of sp³-hybridized carbons (Fsp3) is 0.0714. The van der Waals surface area contributed by atoms with Gasteiger partial charge in [-0.1, -0.05) is 6.07 Å². The van der Waals surface area contributed by atoms with Gasteiger partial charge < -0.3 is 10.1 Å². The van der Waals surface area contributed by atoms with Crippen LogP contribution in [0.2, 0.25) is 0 Å². The SMILES string of the molecule is COc1ccc(NS(=O)(=O)c2cccc(NC=O)c2)cc1. The first-order chi connectivity index (χ1) is 10.0. The van der Waals surface area contributed by atoms with Crippen LogP contribution in [0.25, 0.3) is 0 Å². The summed E-state index contributed by atoms with van der Waals surface area (Å²) in [5, 5.41) is 2.41. The third kappa shape index (κ3) is 3.73. The van der Waals surface area contributed by atoms with Crippen LogP contribution in [0.1, 0.15) is 0 Å². The highest BCUT2D eigenvalue weighted by molar-refractivity contribution is 7.92. The molecule has 6 nitrogen and oxygen atoms in total. The van der Waals surface area contributed by atoms with Gasteiger partial charge in [-0.05, 0) is 42.5 Å². The van der Waals surface area contributed by atoms with Crippen molar-refractivity contribution in [1.82, 2.24) is 0 Å². The van der Waals surface area contributed by atoms with Crippen molar-refractivity contribution >= 4 is 27.8 Å². The molecular formula is C14H14N2O4S. The predicted octanol–water partition coefficient (Wildman–Crippen LogP) is 2.06. The minimum Gasteiger partial charge on any atom is -0.497 e. The second kappa shape index (κ2) is 6.27. The number of hydrogen-bond donors (Lipinski definition) is 2. The van der Waals surface area contributed by atoms with Gasteiger partial charge in [0.05, 0.1) is 12.0 Å². The second-order valence-corrected chi connectivity index (χ2v) is 5.81. The standard InChI is InChI=1S/C14H14N2O4S/c1-20-13-7-5-11(6-8-13)16-21(18,19)14-4-2-3-12(9-14)15-10-17/h2-10,16H,1H3,(H,15,17). The van der Waals surface area contributed by atoms with Gasteiger partial charge >= 0.3 is 0 Å². The lowest BCUT2D eigenvalue weighted by molar-refractivity contribution is -0.105. The fourth-order valence-corrected chi connectivity index (χ4v) is 2.80. The van der Waals surface area contributed by atoms with Crippen LogP contribution in [0.15, 0.2) is 53.4 Å². The first kappa shape index (κ1) is 14.9. The van der Waals surface area contributed by atoms with Crippen molar-refractivity contribution in [3.8, 4) is 5.75 Å². The molecule has 0 fully saturated rings. The molecule has 0 spiro atoms. The van der Waals surface area contributed by atoms with Gasteiger partial charge in [-0.2, -0.15) is 0 Å². The summed E-state index contributed by atoms with van der Waals surface area (Å²) in [6, 6.07) is 12.5. The molecule has 0 radical (unpaired) electrons. The van der Waals surface area contributed by atoms with E-state index in [0.717, 1.165) is 0 Å². The lowest BCUT2D eigenvalue weighted by Crippen LogP contribution is -2.13. The molecule has 0 aliphatic rings. The summed E-state index contributed by atoms with van der Waals surface area (Å²) in [7, 11) is -2.19. The van der Waals surface area contributed by atoms with Crippen LogP contribution < -0.4 is 14.8 Å². The van der Waals surface area contributed by atoms with Crippen LogP contribution in [0.3, 0.4) is 0 Å². The van der Waals surface area contributed by atoms with Crippen LogP contribution in [0.4, 0.5) is 11.4 Å². The van der Waals surface area contributed by atoms with Crippen molar-refractivity contribution in [2.24, 2.45) is 0 Å². The van der Waals surface area contributed by atoms with Gasteiger partial charge in [-0.3, -0.25) is 9.52 Å². The van der Waals surface area contributed by atoms with E-state index in [1.807, 2.05) is 0 Å². The zero-order valence-corrected chi connectivity index (χ0v) is 12.1. The number of rotatable bonds is 6. The monoisotopic (exact) mass is 306 g/mol. The molecule has 0 heterocycles. The van der Waals surface area contributed by atoms with E-state index in [1.165, 1.54) is 19.2 Å². The van der Waals surface area contributed by atoms with Gasteiger partial charge in [-0.15, -0.1) is 0 Å². The highest BCUT2D eigenvalue weighted by Gasteiger charge is 2.14. The molecule has 21 heavy (non-hydrogen) atoms. The number of carbonyl (C=O) groups excluding carboxylic acids is 1. The van der Waals surface area contributed by atoms with Crippen molar-refractivity contribution in [1.29, 1.82) is 0 Å². The summed E-state index contributed by atoms with van der Waals surface area (Å²) >= 11 is 0. The number of anilines is 2. The number of hydrogen-bond acceptors (Lipinski definition) is 4. The van der Waals surface area contributed by atoms with Crippen molar-refractivity contribution < 1.29 is 17.9 Å². The lowest BCUT2D eigenvalue weighted by atomic mass is 10.3. The van der Waals surface area contributed by atoms with E-state index in [0.29, 0.717) is 23.5 Å². The van der Waals surface area contributed by atoms with Gasteiger partial charge in [0, 0.05) is 11.4 Å². The minimum atomic E-state index is -3.72. The van der Waals surface area contributed by atoms with Crippen molar-refractivity contribution in [3.63, 3.8) is 0 Å². The maximum atomic E-state index is 12.3. The number of benzene rings is 2. The van der Waals surface area contributed by atoms with Crippen LogP contribution >= 0.6 is 0 Å². The lowest BCUT2D eigenvalue weighted by Gasteiger charge is -2.09. The maximum Gasteiger partial charge on any atom is 0.261 e. The van der Waals surface area contributed by atoms with Gasteiger partial charge in [0.15, 0.2) is 0 Å². The van der Waals surface area contributed by atoms with Crippen molar-refractivity contribution in [3.05, 3.63) is 48.5 Å². The maximum absolute atomic E-state index is 12.3. The largest absolute Gasteiger partial charge is 0.497 e. The molecule has 0 bridgehead atoms. The average molecular weight is 306 g/mol. The Morgan fingerprint density at radius 2 is 1.76 bits per heavy atom. The number of amides is 1. The Kier molecular flexibility index (Phi) is 4.44. The van der Waals surface area contributed by atoms with Crippen LogP contribution in [-0.4, -0.2) is 21.9 Å². The van der Waals surface area contributed by atoms with Gasteiger partial charge in [0.2, 0.25) is 6.41 Å². The summed E-state index contributed by atoms with van der Waals surface area (Å²) in [5.74, 6) is 0.634. The van der Waals surface area contributed by atoms with E-state index >= 15 is 0 Å². The van der Waals surface area contributed by atoms with Crippen molar-refractivity contribution in [2.45, 2.75) is 4.90 Å². The number of carbonyl (C=O) groups is 1. The minimum absolute atomic E-state index is 0.0603. The quantitative estimate of drug-likeness (QED) is 0.800. The highest BCUT2D eigenvalue weighted by Crippen LogP contribution is 2.21. The normalized spacial score (nSPS) is 10.7. The Bertz CT molecular complexity index is 727. The fourth-order valence-electron chi connectivity index (χ4n) is 1.69. The molecule has 0 aliphatic heterocycles. The molecular weight excluding hydrogens is 292 g/mol. The molecule has 0 unspecified atom stereocenters. The Morgan fingerprint density at radius 1 is 1.05 bits per heavy atom. The van der Waals surface area contributed by atoms with Gasteiger partial charge in [-0.25, -0.2) is 8.42 Å². The Balaban J connectivity index is 2.24. The molecule has 0 saturated carbocycles. The number of ether oxygens (including phenoxy) is 1. The van der Waals surface area contributed by atoms with E-state index in [9.17, 15) is 13.2 Å². The molecule has 7 heteroatoms. The molecule has 2 N–H and O–H groups in total. The molecule has 110 valence electrons. The number of sulfonamides is 1. The zero-order valence-electron chi connectivity index (χ0n) is 11.2. The third-order valence-corrected chi connectivity index (χ3v) is 4.09. The Morgan fingerprint density at radius 3 is 2.38 bits per heavy atom. The average Bonchev–Trinajstić information content (AvgIpc) is 2.48. The topological polar surface area (TPSA) is 84.5 Å². The number of methoxy groups -OCH3 is 1. The molecule has 0 saturated heterocycles. The molecule has 2 rings (SSSR count). The molecule has 0 aromatic heterocycles. The van der Waals surface area contributed by atoms with Crippen LogP contribution in [-0.2, 0) is 14.8 Å². The molecule has 2 aromatic rings. The van der Waals surface area contributed by atoms with E-state index < -0.39 is 10.0 Å². The van der Waals surface area contributed by atoms with Gasteiger partial charge in [0.1, 0.15) is 5.75 Å². The third-order valence-electron chi connectivity index (χ3n) is 2.71. The first-order valence-electron chi connectivity index (χ1n) is 6.02. The van der Waals surface area contributed by atoms with E-state index in [1.54, 1.807) is 36.4 Å². The summed E-state index contributed by atoms with van der Waals surface area (Å²) in [4.78, 5) is 10.5. The van der Waals surface area contributed by atoms with E-state index in [2.05, 4.69) is 10.0 Å². The summed E-state index contributed by atoms with van der Waals surface area (Å²) in [6.45, 7) is 0. The molecule has 0 aliphatic carbocycles. The van der Waals surface area contributed by atoms with E-state index in [-0.39, 0.29) is 4.90 Å². The highest BCUT2D eigenvalue weighted by atomic mass is 32.2.